The van der Waals surface area contributed by atoms with Crippen LogP contribution in [0, 0.1) is 5.82 Å². The highest BCUT2D eigenvalue weighted by Crippen LogP contribution is 2.26. The Bertz CT molecular complexity index is 576. The van der Waals surface area contributed by atoms with Crippen LogP contribution in [0.1, 0.15) is 17.2 Å². The highest BCUT2D eigenvalue weighted by molar-refractivity contribution is 6.31. The average Bonchev–Trinajstić information content (AvgIpc) is 2.52. The predicted octanol–water partition coefficient (Wildman–Crippen LogP) is 4.00. The molecule has 0 amide bonds. The molecule has 2 rings (SSSR count). The Hall–Kier alpha value is -1.42. The zero-order valence-electron chi connectivity index (χ0n) is 12.1. The van der Waals surface area contributed by atoms with Gasteiger partial charge in [0.05, 0.1) is 11.1 Å². The van der Waals surface area contributed by atoms with Crippen molar-refractivity contribution in [3.63, 3.8) is 0 Å². The van der Waals surface area contributed by atoms with Crippen LogP contribution in [0.4, 0.5) is 4.39 Å². The maximum Gasteiger partial charge on any atom is 0.142 e. The molecule has 0 aliphatic rings. The molecule has 0 heterocycles. The fourth-order valence-electron chi connectivity index (χ4n) is 2.48. The Morgan fingerprint density at radius 2 is 1.86 bits per heavy atom. The van der Waals surface area contributed by atoms with Gasteiger partial charge in [-0.05, 0) is 30.7 Å². The minimum atomic E-state index is -0.391. The molecular formula is C17H19ClFNO. The maximum absolute atomic E-state index is 13.6. The third kappa shape index (κ3) is 3.82. The Morgan fingerprint density at radius 1 is 1.14 bits per heavy atom. The molecule has 2 aromatic carbocycles. The van der Waals surface area contributed by atoms with E-state index in [2.05, 4.69) is 5.32 Å². The highest BCUT2D eigenvalue weighted by Gasteiger charge is 2.23. The summed E-state index contributed by atoms with van der Waals surface area (Å²) in [4.78, 5) is 0. The van der Waals surface area contributed by atoms with Crippen molar-refractivity contribution < 1.29 is 9.13 Å². The molecule has 2 nitrogen and oxygen atoms in total. The zero-order valence-corrected chi connectivity index (χ0v) is 12.9. The first-order valence-corrected chi connectivity index (χ1v) is 7.23. The number of nitrogens with one attached hydrogen (secondary N) is 1. The number of rotatable bonds is 6. The van der Waals surface area contributed by atoms with Crippen LogP contribution in [0.2, 0.25) is 5.02 Å². The normalized spacial score (nSPS) is 13.9. The van der Waals surface area contributed by atoms with Crippen LogP contribution in [0.5, 0.6) is 0 Å². The van der Waals surface area contributed by atoms with Crippen molar-refractivity contribution in [3.05, 3.63) is 70.5 Å². The Labute approximate surface area is 129 Å². The van der Waals surface area contributed by atoms with Gasteiger partial charge in [0.15, 0.2) is 0 Å². The number of methoxy groups -OCH3 is 1. The summed E-state index contributed by atoms with van der Waals surface area (Å²) in [6.07, 6.45) is 0.455. The van der Waals surface area contributed by atoms with Gasteiger partial charge in [-0.2, -0.15) is 0 Å². The summed E-state index contributed by atoms with van der Waals surface area (Å²) < 4.78 is 19.2. The van der Waals surface area contributed by atoms with Crippen LogP contribution in [0.15, 0.2) is 48.5 Å². The lowest BCUT2D eigenvalue weighted by Crippen LogP contribution is -2.35. The van der Waals surface area contributed by atoms with E-state index in [4.69, 9.17) is 16.3 Å². The van der Waals surface area contributed by atoms with Crippen molar-refractivity contribution in [2.75, 3.05) is 14.2 Å². The van der Waals surface area contributed by atoms with Crippen molar-refractivity contribution in [2.45, 2.75) is 18.6 Å². The van der Waals surface area contributed by atoms with Crippen molar-refractivity contribution in [1.82, 2.24) is 5.32 Å². The molecule has 4 heteroatoms. The molecular weight excluding hydrogens is 289 g/mol. The van der Waals surface area contributed by atoms with E-state index in [1.165, 1.54) is 6.07 Å². The minimum absolute atomic E-state index is 0.00306. The van der Waals surface area contributed by atoms with E-state index in [0.717, 1.165) is 11.1 Å². The van der Waals surface area contributed by atoms with Gasteiger partial charge in [0, 0.05) is 13.2 Å². The molecule has 0 radical (unpaired) electrons. The van der Waals surface area contributed by atoms with E-state index in [9.17, 15) is 4.39 Å². The van der Waals surface area contributed by atoms with E-state index in [-0.39, 0.29) is 17.2 Å². The monoisotopic (exact) mass is 307 g/mol. The zero-order chi connectivity index (χ0) is 15.2. The maximum atomic E-state index is 13.6. The topological polar surface area (TPSA) is 21.3 Å². The van der Waals surface area contributed by atoms with Gasteiger partial charge in [0.2, 0.25) is 0 Å². The first-order valence-electron chi connectivity index (χ1n) is 6.85. The molecule has 0 aliphatic heterocycles. The molecule has 21 heavy (non-hydrogen) atoms. The molecule has 2 aromatic rings. The lowest BCUT2D eigenvalue weighted by molar-refractivity contribution is 0.0704. The molecule has 0 aliphatic carbocycles. The second-order valence-electron chi connectivity index (χ2n) is 4.88. The van der Waals surface area contributed by atoms with E-state index >= 15 is 0 Å². The highest BCUT2D eigenvalue weighted by atomic mass is 35.5. The number of ether oxygens (including phenoxy) is 1. The van der Waals surface area contributed by atoms with Gasteiger partial charge in [-0.3, -0.25) is 0 Å². The van der Waals surface area contributed by atoms with E-state index in [0.29, 0.717) is 6.42 Å². The van der Waals surface area contributed by atoms with Gasteiger partial charge in [0.1, 0.15) is 5.82 Å². The van der Waals surface area contributed by atoms with E-state index in [1.807, 2.05) is 43.4 Å². The molecule has 0 saturated heterocycles. The summed E-state index contributed by atoms with van der Waals surface area (Å²) in [6, 6.07) is 14.8. The van der Waals surface area contributed by atoms with E-state index in [1.54, 1.807) is 13.2 Å². The molecule has 2 unspecified atom stereocenters. The van der Waals surface area contributed by atoms with Crippen molar-refractivity contribution in [3.8, 4) is 0 Å². The molecule has 0 fully saturated rings. The number of hydrogen-bond donors (Lipinski definition) is 1. The first-order chi connectivity index (χ1) is 10.2. The number of hydrogen-bond acceptors (Lipinski definition) is 2. The molecule has 0 aromatic heterocycles. The third-order valence-corrected chi connectivity index (χ3v) is 4.01. The first kappa shape index (κ1) is 16.0. The largest absolute Gasteiger partial charge is 0.375 e. The Morgan fingerprint density at radius 3 is 2.48 bits per heavy atom. The van der Waals surface area contributed by atoms with Crippen LogP contribution >= 0.6 is 11.6 Å². The average molecular weight is 308 g/mol. The molecule has 112 valence electrons. The van der Waals surface area contributed by atoms with Crippen LogP contribution in [0.25, 0.3) is 0 Å². The second-order valence-corrected chi connectivity index (χ2v) is 5.26. The fraction of sp³-hybridized carbons (Fsp3) is 0.294. The van der Waals surface area contributed by atoms with Crippen molar-refractivity contribution in [1.29, 1.82) is 0 Å². The Balaban J connectivity index is 2.24. The molecule has 0 saturated carbocycles. The predicted molar refractivity (Wildman–Crippen MR) is 84.2 cm³/mol. The third-order valence-electron chi connectivity index (χ3n) is 3.59. The van der Waals surface area contributed by atoms with Gasteiger partial charge in [-0.15, -0.1) is 0 Å². The fourth-order valence-corrected chi connectivity index (χ4v) is 2.68. The summed E-state index contributed by atoms with van der Waals surface area (Å²) in [7, 11) is 3.54. The SMILES string of the molecule is CNC(Cc1cccc(F)c1Cl)C(OC)c1ccccc1. The summed E-state index contributed by atoms with van der Waals surface area (Å²) in [5.41, 5.74) is 1.85. The quantitative estimate of drug-likeness (QED) is 0.871. The van der Waals surface area contributed by atoms with Crippen LogP contribution in [-0.4, -0.2) is 20.2 Å². The van der Waals surface area contributed by atoms with Crippen LogP contribution in [0.3, 0.4) is 0 Å². The summed E-state index contributed by atoms with van der Waals surface area (Å²) in [6.45, 7) is 0. The van der Waals surface area contributed by atoms with Gasteiger partial charge in [-0.1, -0.05) is 54.1 Å². The summed E-state index contributed by atoms with van der Waals surface area (Å²) in [5, 5.41) is 3.42. The van der Waals surface area contributed by atoms with Crippen LogP contribution < -0.4 is 5.32 Å². The smallest absolute Gasteiger partial charge is 0.142 e. The lowest BCUT2D eigenvalue weighted by atomic mass is 9.96. The standard InChI is InChI=1S/C17H19ClFNO/c1-20-15(11-13-9-6-10-14(19)16(13)18)17(21-2)12-7-4-3-5-8-12/h3-10,15,17,20H,11H2,1-2H3. The number of likely N-dealkylation sites (N-methyl/N-ethyl adjacent to an activating group) is 1. The summed E-state index contributed by atoms with van der Waals surface area (Å²) >= 11 is 6.04. The summed E-state index contributed by atoms with van der Waals surface area (Å²) in [5.74, 6) is -0.391. The number of halogens is 2. The molecule has 0 spiro atoms. The van der Waals surface area contributed by atoms with Gasteiger partial charge < -0.3 is 10.1 Å². The lowest BCUT2D eigenvalue weighted by Gasteiger charge is -2.26. The van der Waals surface area contributed by atoms with Gasteiger partial charge in [-0.25, -0.2) is 4.39 Å². The van der Waals surface area contributed by atoms with Crippen LogP contribution in [-0.2, 0) is 11.2 Å². The van der Waals surface area contributed by atoms with Gasteiger partial charge >= 0.3 is 0 Å². The van der Waals surface area contributed by atoms with Gasteiger partial charge in [0.25, 0.3) is 0 Å². The Kier molecular flexibility index (Phi) is 5.74. The molecule has 0 bridgehead atoms. The van der Waals surface area contributed by atoms with Crippen molar-refractivity contribution >= 4 is 11.6 Å². The minimum Gasteiger partial charge on any atom is -0.375 e. The molecule has 2 atom stereocenters. The van der Waals surface area contributed by atoms with Crippen molar-refractivity contribution in [2.24, 2.45) is 0 Å². The number of benzene rings is 2. The second kappa shape index (κ2) is 7.55. The molecule has 1 N–H and O–H groups in total. The van der Waals surface area contributed by atoms with E-state index < -0.39 is 5.82 Å².